The molecule has 1 nitrogen and oxygen atoms in total. The molecule has 1 N–H and O–H groups in total. The Labute approximate surface area is 117 Å². The summed E-state index contributed by atoms with van der Waals surface area (Å²) in [4.78, 5) is 0. The molecule has 104 valence electrons. The van der Waals surface area contributed by atoms with E-state index in [4.69, 9.17) is 0 Å². The number of hydrogen-bond donors (Lipinski definition) is 1. The second-order valence-corrected chi connectivity index (χ2v) is 7.77. The molecule has 2 aliphatic carbocycles. The Balaban J connectivity index is 1.78. The predicted octanol–water partition coefficient (Wildman–Crippen LogP) is 4.47. The summed E-state index contributed by atoms with van der Waals surface area (Å²) in [7, 11) is 0. The molecule has 0 radical (unpaired) electrons. The molecule has 2 saturated carbocycles. The van der Waals surface area contributed by atoms with Crippen LogP contribution in [0.4, 0.5) is 0 Å². The molecule has 0 aliphatic heterocycles. The van der Waals surface area contributed by atoms with Gasteiger partial charge in [0.2, 0.25) is 0 Å². The zero-order valence-corrected chi connectivity index (χ0v) is 13.0. The Morgan fingerprint density at radius 3 is 1.95 bits per heavy atom. The van der Waals surface area contributed by atoms with Crippen LogP contribution in [0, 0.1) is 23.7 Å². The van der Waals surface area contributed by atoms with E-state index in [0.29, 0.717) is 22.9 Å². The molecular formula is C18H27N. The maximum absolute atomic E-state index is 3.97. The first-order valence-corrected chi connectivity index (χ1v) is 7.66. The van der Waals surface area contributed by atoms with Gasteiger partial charge in [-0.25, -0.2) is 0 Å². The largest absolute Gasteiger partial charge is 0.306 e. The van der Waals surface area contributed by atoms with Gasteiger partial charge in [-0.3, -0.25) is 0 Å². The summed E-state index contributed by atoms with van der Waals surface area (Å²) in [6, 6.07) is 10.3. The molecule has 0 saturated heterocycles. The van der Waals surface area contributed by atoms with E-state index in [2.05, 4.69) is 64.2 Å². The summed E-state index contributed by atoms with van der Waals surface area (Å²) in [5.41, 5.74) is 3.67. The molecule has 1 heteroatoms. The van der Waals surface area contributed by atoms with Crippen molar-refractivity contribution >= 4 is 0 Å². The third kappa shape index (κ3) is 2.12. The van der Waals surface area contributed by atoms with Gasteiger partial charge in [-0.05, 0) is 42.1 Å². The van der Waals surface area contributed by atoms with Crippen molar-refractivity contribution in [2.24, 2.45) is 16.7 Å². The van der Waals surface area contributed by atoms with Crippen LogP contribution in [0.5, 0.6) is 0 Å². The molecule has 2 aliphatic rings. The quantitative estimate of drug-likeness (QED) is 0.839. The SMILES string of the molecule is Cc1ccc(C(NC2C(C)(C)C2(C)C)C2CC2)cc1. The second-order valence-electron chi connectivity index (χ2n) is 7.77. The van der Waals surface area contributed by atoms with Crippen LogP contribution in [0.3, 0.4) is 0 Å². The summed E-state index contributed by atoms with van der Waals surface area (Å²) in [5, 5.41) is 3.97. The topological polar surface area (TPSA) is 12.0 Å². The molecule has 1 unspecified atom stereocenters. The van der Waals surface area contributed by atoms with Gasteiger partial charge in [0, 0.05) is 12.1 Å². The summed E-state index contributed by atoms with van der Waals surface area (Å²) in [6.45, 7) is 11.7. The Morgan fingerprint density at radius 2 is 1.53 bits per heavy atom. The van der Waals surface area contributed by atoms with Crippen molar-refractivity contribution in [3.63, 3.8) is 0 Å². The van der Waals surface area contributed by atoms with Crippen LogP contribution < -0.4 is 5.32 Å². The van der Waals surface area contributed by atoms with Crippen molar-refractivity contribution in [2.45, 2.75) is 59.5 Å². The molecule has 0 spiro atoms. The first-order valence-electron chi connectivity index (χ1n) is 7.66. The minimum Gasteiger partial charge on any atom is -0.306 e. The van der Waals surface area contributed by atoms with Crippen molar-refractivity contribution < 1.29 is 0 Å². The zero-order valence-electron chi connectivity index (χ0n) is 13.0. The molecule has 0 bridgehead atoms. The highest BCUT2D eigenvalue weighted by molar-refractivity contribution is 5.28. The van der Waals surface area contributed by atoms with E-state index in [9.17, 15) is 0 Å². The van der Waals surface area contributed by atoms with E-state index < -0.39 is 0 Å². The summed E-state index contributed by atoms with van der Waals surface area (Å²) >= 11 is 0. The second kappa shape index (κ2) is 4.09. The van der Waals surface area contributed by atoms with Gasteiger partial charge in [-0.2, -0.15) is 0 Å². The number of hydrogen-bond acceptors (Lipinski definition) is 1. The van der Waals surface area contributed by atoms with E-state index in [1.807, 2.05) is 0 Å². The van der Waals surface area contributed by atoms with Crippen LogP contribution >= 0.6 is 0 Å². The Morgan fingerprint density at radius 1 is 1.00 bits per heavy atom. The summed E-state index contributed by atoms with van der Waals surface area (Å²) in [5.74, 6) is 0.856. The van der Waals surface area contributed by atoms with Crippen LogP contribution in [-0.4, -0.2) is 6.04 Å². The van der Waals surface area contributed by atoms with Crippen molar-refractivity contribution in [2.75, 3.05) is 0 Å². The van der Waals surface area contributed by atoms with Crippen LogP contribution in [0.1, 0.15) is 57.7 Å². The van der Waals surface area contributed by atoms with Crippen molar-refractivity contribution in [3.05, 3.63) is 35.4 Å². The molecule has 1 aromatic rings. The third-order valence-corrected chi connectivity index (χ3v) is 5.90. The van der Waals surface area contributed by atoms with Gasteiger partial charge in [-0.1, -0.05) is 57.5 Å². The van der Waals surface area contributed by atoms with E-state index in [0.717, 1.165) is 5.92 Å². The minimum atomic E-state index is 0.421. The first-order chi connectivity index (χ1) is 8.84. The fourth-order valence-corrected chi connectivity index (χ4v) is 3.50. The highest BCUT2D eigenvalue weighted by Crippen LogP contribution is 2.63. The van der Waals surface area contributed by atoms with Crippen LogP contribution in [0.15, 0.2) is 24.3 Å². The lowest BCUT2D eigenvalue weighted by Crippen LogP contribution is -2.29. The molecule has 0 heterocycles. The van der Waals surface area contributed by atoms with E-state index in [1.54, 1.807) is 0 Å². The van der Waals surface area contributed by atoms with Gasteiger partial charge in [0.25, 0.3) is 0 Å². The lowest BCUT2D eigenvalue weighted by Gasteiger charge is -2.20. The Bertz CT molecular complexity index is 451. The van der Waals surface area contributed by atoms with Gasteiger partial charge in [0.1, 0.15) is 0 Å². The normalized spacial score (nSPS) is 26.2. The zero-order chi connectivity index (χ0) is 13.8. The van der Waals surface area contributed by atoms with Gasteiger partial charge in [0.15, 0.2) is 0 Å². The third-order valence-electron chi connectivity index (χ3n) is 5.90. The molecule has 19 heavy (non-hydrogen) atoms. The predicted molar refractivity (Wildman–Crippen MR) is 81.1 cm³/mol. The first kappa shape index (κ1) is 13.2. The van der Waals surface area contributed by atoms with Crippen molar-refractivity contribution in [3.8, 4) is 0 Å². The summed E-state index contributed by atoms with van der Waals surface area (Å²) < 4.78 is 0. The van der Waals surface area contributed by atoms with Gasteiger partial charge < -0.3 is 5.32 Å². The smallest absolute Gasteiger partial charge is 0.0351 e. The number of benzene rings is 1. The number of nitrogens with one attached hydrogen (secondary N) is 1. The van der Waals surface area contributed by atoms with Crippen molar-refractivity contribution in [1.29, 1.82) is 0 Å². The van der Waals surface area contributed by atoms with Gasteiger partial charge >= 0.3 is 0 Å². The van der Waals surface area contributed by atoms with Crippen LogP contribution in [-0.2, 0) is 0 Å². The van der Waals surface area contributed by atoms with Gasteiger partial charge in [-0.15, -0.1) is 0 Å². The maximum Gasteiger partial charge on any atom is 0.0351 e. The van der Waals surface area contributed by atoms with Crippen molar-refractivity contribution in [1.82, 2.24) is 5.32 Å². The fraction of sp³-hybridized carbons (Fsp3) is 0.667. The summed E-state index contributed by atoms with van der Waals surface area (Å²) in [6.07, 6.45) is 2.78. The van der Waals surface area contributed by atoms with E-state index in [-0.39, 0.29) is 0 Å². The lowest BCUT2D eigenvalue weighted by molar-refractivity contribution is 0.433. The fourth-order valence-electron chi connectivity index (χ4n) is 3.50. The molecule has 2 fully saturated rings. The molecule has 3 rings (SSSR count). The molecule has 1 aromatic carbocycles. The van der Waals surface area contributed by atoms with E-state index >= 15 is 0 Å². The van der Waals surface area contributed by atoms with Crippen LogP contribution in [0.2, 0.25) is 0 Å². The Hall–Kier alpha value is -0.820. The average Bonchev–Trinajstić information content (AvgIpc) is 3.21. The number of aryl methyl sites for hydroxylation is 1. The molecule has 1 atom stereocenters. The lowest BCUT2D eigenvalue weighted by atomic mass is 10.0. The molecular weight excluding hydrogens is 230 g/mol. The Kier molecular flexibility index (Phi) is 2.83. The minimum absolute atomic E-state index is 0.421. The monoisotopic (exact) mass is 257 g/mol. The molecule has 0 aromatic heterocycles. The highest BCUT2D eigenvalue weighted by atomic mass is 15.1. The van der Waals surface area contributed by atoms with Crippen LogP contribution in [0.25, 0.3) is 0 Å². The highest BCUT2D eigenvalue weighted by Gasteiger charge is 2.65. The van der Waals surface area contributed by atoms with Gasteiger partial charge in [0.05, 0.1) is 0 Å². The standard InChI is InChI=1S/C18H27N/c1-12-6-8-13(9-7-12)15(14-10-11-14)19-16-17(2,3)18(16,4)5/h6-9,14-16,19H,10-11H2,1-5H3. The van der Waals surface area contributed by atoms with E-state index in [1.165, 1.54) is 24.0 Å². The molecule has 0 amide bonds. The average molecular weight is 257 g/mol. The number of rotatable bonds is 4. The maximum atomic E-state index is 3.97.